The van der Waals surface area contributed by atoms with Crippen molar-refractivity contribution in [3.63, 3.8) is 0 Å². The van der Waals surface area contributed by atoms with Crippen molar-refractivity contribution in [2.24, 2.45) is 0 Å². The predicted molar refractivity (Wildman–Crippen MR) is 88.2 cm³/mol. The number of carbonyl (C=O) groups excluding carboxylic acids is 2. The van der Waals surface area contributed by atoms with E-state index < -0.39 is 29.2 Å². The Kier molecular flexibility index (Phi) is 5.66. The molecule has 130 valence electrons. The van der Waals surface area contributed by atoms with E-state index in [1.54, 1.807) is 0 Å². The van der Waals surface area contributed by atoms with Crippen LogP contribution in [0.1, 0.15) is 15.9 Å². The first-order chi connectivity index (χ1) is 11.8. The van der Waals surface area contributed by atoms with Crippen LogP contribution in [0.15, 0.2) is 36.4 Å². The molecule has 7 nitrogen and oxygen atoms in total. The molecule has 0 aromatic heterocycles. The number of nitro benzene ring substituents is 1. The molecule has 2 rings (SSSR count). The third-order valence-electron chi connectivity index (χ3n) is 3.26. The molecule has 0 aliphatic carbocycles. The summed E-state index contributed by atoms with van der Waals surface area (Å²) in [6, 6.07) is 7.45. The van der Waals surface area contributed by atoms with Crippen molar-refractivity contribution in [2.75, 3.05) is 11.9 Å². The van der Waals surface area contributed by atoms with Crippen LogP contribution < -0.4 is 5.32 Å². The van der Waals surface area contributed by atoms with Crippen molar-refractivity contribution in [3.05, 3.63) is 68.5 Å². The summed E-state index contributed by atoms with van der Waals surface area (Å²) < 4.78 is 18.2. The van der Waals surface area contributed by atoms with Crippen LogP contribution in [0.3, 0.4) is 0 Å². The number of benzene rings is 2. The Hall–Kier alpha value is -3.00. The van der Waals surface area contributed by atoms with Crippen LogP contribution in [-0.4, -0.2) is 23.4 Å². The second-order valence-corrected chi connectivity index (χ2v) is 5.37. The van der Waals surface area contributed by atoms with Crippen LogP contribution in [0.4, 0.5) is 15.8 Å². The van der Waals surface area contributed by atoms with Gasteiger partial charge in [-0.15, -0.1) is 0 Å². The zero-order valence-electron chi connectivity index (χ0n) is 12.9. The van der Waals surface area contributed by atoms with Crippen molar-refractivity contribution in [1.29, 1.82) is 0 Å². The standard InChI is InChI=1S/C16H12ClFN2O5/c1-9-13(18)3-2-4-14(9)19-15(21)8-25-16(22)11-7-10(20(23)24)5-6-12(11)17/h2-7H,8H2,1H3,(H,19,21). The summed E-state index contributed by atoms with van der Waals surface area (Å²) in [7, 11) is 0. The van der Waals surface area contributed by atoms with Gasteiger partial charge in [-0.1, -0.05) is 17.7 Å². The highest BCUT2D eigenvalue weighted by Gasteiger charge is 2.18. The quantitative estimate of drug-likeness (QED) is 0.496. The Morgan fingerprint density at radius 2 is 2.04 bits per heavy atom. The Bertz CT molecular complexity index is 856. The smallest absolute Gasteiger partial charge is 0.340 e. The average molecular weight is 367 g/mol. The van der Waals surface area contributed by atoms with Gasteiger partial charge in [0.1, 0.15) is 5.82 Å². The molecular weight excluding hydrogens is 355 g/mol. The number of halogens is 2. The molecule has 25 heavy (non-hydrogen) atoms. The number of ether oxygens (including phenoxy) is 1. The fourth-order valence-corrected chi connectivity index (χ4v) is 2.12. The molecule has 9 heteroatoms. The minimum absolute atomic E-state index is 0.0445. The zero-order valence-corrected chi connectivity index (χ0v) is 13.7. The molecule has 0 fully saturated rings. The summed E-state index contributed by atoms with van der Waals surface area (Å²) in [5.41, 5.74) is -0.0832. The summed E-state index contributed by atoms with van der Waals surface area (Å²) >= 11 is 5.81. The zero-order chi connectivity index (χ0) is 18.6. The van der Waals surface area contributed by atoms with E-state index in [0.717, 1.165) is 12.1 Å². The summed E-state index contributed by atoms with van der Waals surface area (Å²) in [6.07, 6.45) is 0. The molecule has 2 aromatic rings. The number of nitrogens with zero attached hydrogens (tertiary/aromatic N) is 1. The van der Waals surface area contributed by atoms with E-state index in [4.69, 9.17) is 16.3 Å². The lowest BCUT2D eigenvalue weighted by atomic mass is 10.2. The Morgan fingerprint density at radius 1 is 1.32 bits per heavy atom. The maximum Gasteiger partial charge on any atom is 0.340 e. The lowest BCUT2D eigenvalue weighted by Crippen LogP contribution is -2.21. The van der Waals surface area contributed by atoms with Crippen LogP contribution in [0.2, 0.25) is 5.02 Å². The summed E-state index contributed by atoms with van der Waals surface area (Å²) in [5.74, 6) is -2.17. The number of esters is 1. The molecule has 0 spiro atoms. The molecule has 0 aliphatic rings. The molecule has 1 amide bonds. The second-order valence-electron chi connectivity index (χ2n) is 4.96. The highest BCUT2D eigenvalue weighted by atomic mass is 35.5. The van der Waals surface area contributed by atoms with Gasteiger partial charge in [-0.25, -0.2) is 9.18 Å². The van der Waals surface area contributed by atoms with Crippen LogP contribution in [-0.2, 0) is 9.53 Å². The van der Waals surface area contributed by atoms with Gasteiger partial charge >= 0.3 is 5.97 Å². The van der Waals surface area contributed by atoms with Crippen LogP contribution in [0.25, 0.3) is 0 Å². The molecule has 1 N–H and O–H groups in total. The van der Waals surface area contributed by atoms with Crippen molar-refractivity contribution in [1.82, 2.24) is 0 Å². The number of amides is 1. The van der Waals surface area contributed by atoms with Crippen LogP contribution in [0, 0.1) is 22.9 Å². The maximum absolute atomic E-state index is 13.4. The van der Waals surface area contributed by atoms with E-state index in [0.29, 0.717) is 0 Å². The minimum atomic E-state index is -0.986. The number of nitro groups is 1. The number of anilines is 1. The van der Waals surface area contributed by atoms with E-state index in [1.807, 2.05) is 0 Å². The highest BCUT2D eigenvalue weighted by molar-refractivity contribution is 6.33. The molecule has 0 saturated heterocycles. The monoisotopic (exact) mass is 366 g/mol. The number of rotatable bonds is 5. The number of hydrogen-bond donors (Lipinski definition) is 1. The molecule has 0 heterocycles. The van der Waals surface area contributed by atoms with Gasteiger partial charge in [0.15, 0.2) is 6.61 Å². The predicted octanol–water partition coefficient (Wildman–Crippen LogP) is 3.49. The first kappa shape index (κ1) is 18.3. The molecule has 0 saturated carbocycles. The average Bonchev–Trinajstić information content (AvgIpc) is 2.57. The Morgan fingerprint density at radius 3 is 2.72 bits per heavy atom. The van der Waals surface area contributed by atoms with Gasteiger partial charge in [0, 0.05) is 23.4 Å². The van der Waals surface area contributed by atoms with E-state index >= 15 is 0 Å². The fraction of sp³-hybridized carbons (Fsp3) is 0.125. The molecule has 0 atom stereocenters. The molecular formula is C16H12ClFN2O5. The Balaban J connectivity index is 2.02. The lowest BCUT2D eigenvalue weighted by Gasteiger charge is -2.10. The minimum Gasteiger partial charge on any atom is -0.452 e. The van der Waals surface area contributed by atoms with Gasteiger partial charge in [0.05, 0.1) is 15.5 Å². The molecule has 0 aliphatic heterocycles. The first-order valence-electron chi connectivity index (χ1n) is 6.95. The number of non-ortho nitro benzene ring substituents is 1. The van der Waals surface area contributed by atoms with E-state index in [9.17, 15) is 24.1 Å². The van der Waals surface area contributed by atoms with Crippen molar-refractivity contribution in [3.8, 4) is 0 Å². The largest absolute Gasteiger partial charge is 0.452 e. The third kappa shape index (κ3) is 4.51. The second kappa shape index (κ2) is 7.71. The number of carbonyl (C=O) groups is 2. The number of hydrogen-bond acceptors (Lipinski definition) is 5. The molecule has 0 unspecified atom stereocenters. The fourth-order valence-electron chi connectivity index (χ4n) is 1.92. The lowest BCUT2D eigenvalue weighted by molar-refractivity contribution is -0.384. The van der Waals surface area contributed by atoms with Gasteiger partial charge in [0.2, 0.25) is 0 Å². The van der Waals surface area contributed by atoms with E-state index in [1.165, 1.54) is 31.2 Å². The van der Waals surface area contributed by atoms with E-state index in [-0.39, 0.29) is 27.5 Å². The topological polar surface area (TPSA) is 98.5 Å². The van der Waals surface area contributed by atoms with Crippen LogP contribution in [0.5, 0.6) is 0 Å². The third-order valence-corrected chi connectivity index (χ3v) is 3.59. The van der Waals surface area contributed by atoms with Crippen LogP contribution >= 0.6 is 11.6 Å². The van der Waals surface area contributed by atoms with Gasteiger partial charge in [0.25, 0.3) is 11.6 Å². The van der Waals surface area contributed by atoms with Crippen molar-refractivity contribution < 1.29 is 23.6 Å². The molecule has 0 bridgehead atoms. The number of nitrogens with one attached hydrogen (secondary N) is 1. The van der Waals surface area contributed by atoms with Gasteiger partial charge in [-0.05, 0) is 25.1 Å². The molecule has 0 radical (unpaired) electrons. The summed E-state index contributed by atoms with van der Waals surface area (Å²) in [6.45, 7) is 0.827. The summed E-state index contributed by atoms with van der Waals surface area (Å²) in [5, 5.41) is 13.1. The Labute approximate surface area is 146 Å². The molecule has 2 aromatic carbocycles. The van der Waals surface area contributed by atoms with Gasteiger partial charge in [-0.2, -0.15) is 0 Å². The van der Waals surface area contributed by atoms with Gasteiger partial charge in [-0.3, -0.25) is 14.9 Å². The first-order valence-corrected chi connectivity index (χ1v) is 7.33. The maximum atomic E-state index is 13.4. The SMILES string of the molecule is Cc1c(F)cccc1NC(=O)COC(=O)c1cc([N+](=O)[O-])ccc1Cl. The van der Waals surface area contributed by atoms with E-state index in [2.05, 4.69) is 5.32 Å². The highest BCUT2D eigenvalue weighted by Crippen LogP contribution is 2.23. The van der Waals surface area contributed by atoms with Gasteiger partial charge < -0.3 is 10.1 Å². The van der Waals surface area contributed by atoms with Crippen molar-refractivity contribution in [2.45, 2.75) is 6.92 Å². The normalized spacial score (nSPS) is 10.2. The summed E-state index contributed by atoms with van der Waals surface area (Å²) in [4.78, 5) is 33.8. The van der Waals surface area contributed by atoms with Crippen molar-refractivity contribution >= 4 is 34.9 Å².